The molecule has 0 unspecified atom stereocenters. The van der Waals surface area contributed by atoms with Crippen LogP contribution in [-0.4, -0.2) is 11.3 Å². The van der Waals surface area contributed by atoms with E-state index in [4.69, 9.17) is 4.42 Å². The zero-order valence-corrected chi connectivity index (χ0v) is 8.69. The molecule has 0 amide bonds. The number of pyridine rings is 1. The van der Waals surface area contributed by atoms with Gasteiger partial charge in [0.15, 0.2) is 17.8 Å². The van der Waals surface area contributed by atoms with Gasteiger partial charge in [-0.3, -0.25) is 9.78 Å². The predicted octanol–water partition coefficient (Wildman–Crippen LogP) is 2.92. The first-order chi connectivity index (χ1) is 6.79. The maximum absolute atomic E-state index is 10.4. The number of aromatic nitrogens is 1. The molecule has 14 heavy (non-hydrogen) atoms. The van der Waals surface area contributed by atoms with Crippen LogP contribution in [0.25, 0.3) is 11.5 Å². The Hall–Kier alpha value is -1.42. The standard InChI is InChI=1S/C10H6BrNO2/c11-7-3-4-12-9(5-7)10-2-1-8(6-13)14-10/h1-6H. The van der Waals surface area contributed by atoms with Crippen molar-refractivity contribution in [2.75, 3.05) is 0 Å². The molecule has 2 rings (SSSR count). The van der Waals surface area contributed by atoms with Crippen LogP contribution in [0.2, 0.25) is 0 Å². The Labute approximate surface area is 88.9 Å². The van der Waals surface area contributed by atoms with Crippen LogP contribution < -0.4 is 0 Å². The van der Waals surface area contributed by atoms with Crippen molar-refractivity contribution in [3.05, 3.63) is 40.7 Å². The van der Waals surface area contributed by atoms with Crippen LogP contribution >= 0.6 is 15.9 Å². The van der Waals surface area contributed by atoms with Crippen molar-refractivity contribution in [1.82, 2.24) is 4.98 Å². The lowest BCUT2D eigenvalue weighted by Gasteiger charge is -1.95. The van der Waals surface area contributed by atoms with Gasteiger partial charge in [-0.15, -0.1) is 0 Å². The number of hydrogen-bond donors (Lipinski definition) is 0. The predicted molar refractivity (Wildman–Crippen MR) is 55.0 cm³/mol. The Morgan fingerprint density at radius 2 is 2.21 bits per heavy atom. The molecule has 0 aliphatic heterocycles. The van der Waals surface area contributed by atoms with Crippen LogP contribution in [0.4, 0.5) is 0 Å². The van der Waals surface area contributed by atoms with Crippen molar-refractivity contribution in [2.45, 2.75) is 0 Å². The summed E-state index contributed by atoms with van der Waals surface area (Å²) in [7, 11) is 0. The van der Waals surface area contributed by atoms with Gasteiger partial charge in [-0.05, 0) is 24.3 Å². The van der Waals surface area contributed by atoms with Crippen LogP contribution in [0.5, 0.6) is 0 Å². The van der Waals surface area contributed by atoms with Gasteiger partial charge in [-0.1, -0.05) is 15.9 Å². The second-order valence-electron chi connectivity index (χ2n) is 2.68. The SMILES string of the molecule is O=Cc1ccc(-c2cc(Br)ccn2)o1. The highest BCUT2D eigenvalue weighted by atomic mass is 79.9. The van der Waals surface area contributed by atoms with Crippen LogP contribution in [0.15, 0.2) is 39.4 Å². The average molecular weight is 252 g/mol. The maximum atomic E-state index is 10.4. The van der Waals surface area contributed by atoms with E-state index in [0.717, 1.165) is 4.47 Å². The molecule has 4 heteroatoms. The van der Waals surface area contributed by atoms with Gasteiger partial charge in [0.1, 0.15) is 5.69 Å². The van der Waals surface area contributed by atoms with Gasteiger partial charge in [-0.2, -0.15) is 0 Å². The molecule has 0 fully saturated rings. The van der Waals surface area contributed by atoms with E-state index in [0.29, 0.717) is 23.5 Å². The summed E-state index contributed by atoms with van der Waals surface area (Å²) in [5.41, 5.74) is 0.701. The number of nitrogens with zero attached hydrogens (tertiary/aromatic N) is 1. The number of aldehydes is 1. The molecule has 2 aromatic rings. The van der Waals surface area contributed by atoms with Gasteiger partial charge in [-0.25, -0.2) is 0 Å². The fraction of sp³-hybridized carbons (Fsp3) is 0. The Bertz CT molecular complexity index is 465. The van der Waals surface area contributed by atoms with Gasteiger partial charge < -0.3 is 4.42 Å². The number of rotatable bonds is 2. The first-order valence-corrected chi connectivity index (χ1v) is 4.76. The third-order valence-corrected chi connectivity index (χ3v) is 2.21. The first kappa shape index (κ1) is 9.15. The van der Waals surface area contributed by atoms with Crippen molar-refractivity contribution in [3.63, 3.8) is 0 Å². The van der Waals surface area contributed by atoms with Gasteiger partial charge in [0, 0.05) is 10.7 Å². The number of carbonyl (C=O) groups excluding carboxylic acids is 1. The smallest absolute Gasteiger partial charge is 0.185 e. The molecule has 0 aliphatic carbocycles. The summed E-state index contributed by atoms with van der Waals surface area (Å²) in [4.78, 5) is 14.5. The molecule has 0 saturated heterocycles. The van der Waals surface area contributed by atoms with Crippen molar-refractivity contribution >= 4 is 22.2 Å². The summed E-state index contributed by atoms with van der Waals surface area (Å²) in [5.74, 6) is 0.898. The van der Waals surface area contributed by atoms with Crippen molar-refractivity contribution in [3.8, 4) is 11.5 Å². The summed E-state index contributed by atoms with van der Waals surface area (Å²) in [6.45, 7) is 0. The molecule has 0 saturated carbocycles. The van der Waals surface area contributed by atoms with Crippen LogP contribution in [-0.2, 0) is 0 Å². The quantitative estimate of drug-likeness (QED) is 0.771. The third kappa shape index (κ3) is 1.75. The minimum atomic E-state index is 0.307. The molecule has 2 aromatic heterocycles. The second kappa shape index (κ2) is 3.75. The topological polar surface area (TPSA) is 43.1 Å². The van der Waals surface area contributed by atoms with Crippen molar-refractivity contribution in [1.29, 1.82) is 0 Å². The number of carbonyl (C=O) groups is 1. The lowest BCUT2D eigenvalue weighted by atomic mass is 10.3. The van der Waals surface area contributed by atoms with E-state index < -0.39 is 0 Å². The average Bonchev–Trinajstić information content (AvgIpc) is 2.66. The zero-order chi connectivity index (χ0) is 9.97. The summed E-state index contributed by atoms with van der Waals surface area (Å²) < 4.78 is 6.15. The lowest BCUT2D eigenvalue weighted by Crippen LogP contribution is -1.79. The second-order valence-corrected chi connectivity index (χ2v) is 3.59. The molecule has 0 aliphatic rings. The number of hydrogen-bond acceptors (Lipinski definition) is 3. The Morgan fingerprint density at radius 3 is 2.86 bits per heavy atom. The van der Waals surface area contributed by atoms with Gasteiger partial charge in [0.25, 0.3) is 0 Å². The highest BCUT2D eigenvalue weighted by Gasteiger charge is 2.05. The van der Waals surface area contributed by atoms with E-state index in [-0.39, 0.29) is 0 Å². The molecule has 2 heterocycles. The van der Waals surface area contributed by atoms with Crippen molar-refractivity contribution in [2.24, 2.45) is 0 Å². The zero-order valence-electron chi connectivity index (χ0n) is 7.11. The number of furan rings is 1. The molecule has 3 nitrogen and oxygen atoms in total. The van der Waals surface area contributed by atoms with Gasteiger partial charge in [0.2, 0.25) is 0 Å². The minimum absolute atomic E-state index is 0.307. The lowest BCUT2D eigenvalue weighted by molar-refractivity contribution is 0.110. The Kier molecular flexibility index (Phi) is 2.45. The summed E-state index contributed by atoms with van der Waals surface area (Å²) in [6.07, 6.45) is 2.34. The largest absolute Gasteiger partial charge is 0.452 e. The minimum Gasteiger partial charge on any atom is -0.452 e. The molecule has 0 spiro atoms. The first-order valence-electron chi connectivity index (χ1n) is 3.96. The van der Waals surface area contributed by atoms with E-state index in [9.17, 15) is 4.79 Å². The number of halogens is 1. The molecule has 0 bridgehead atoms. The van der Waals surface area contributed by atoms with E-state index >= 15 is 0 Å². The van der Waals surface area contributed by atoms with E-state index in [1.807, 2.05) is 12.1 Å². The Balaban J connectivity index is 2.43. The summed E-state index contributed by atoms with van der Waals surface area (Å²) in [6, 6.07) is 6.99. The highest BCUT2D eigenvalue weighted by Crippen LogP contribution is 2.21. The van der Waals surface area contributed by atoms with E-state index in [2.05, 4.69) is 20.9 Å². The van der Waals surface area contributed by atoms with Crippen LogP contribution in [0.1, 0.15) is 10.6 Å². The van der Waals surface area contributed by atoms with E-state index in [1.165, 1.54) is 0 Å². The molecule has 0 radical (unpaired) electrons. The van der Waals surface area contributed by atoms with E-state index in [1.54, 1.807) is 18.3 Å². The maximum Gasteiger partial charge on any atom is 0.185 e. The van der Waals surface area contributed by atoms with Crippen molar-refractivity contribution < 1.29 is 9.21 Å². The monoisotopic (exact) mass is 251 g/mol. The van der Waals surface area contributed by atoms with Gasteiger partial charge >= 0.3 is 0 Å². The Morgan fingerprint density at radius 1 is 1.36 bits per heavy atom. The molecule has 70 valence electrons. The fourth-order valence-corrected chi connectivity index (χ4v) is 1.43. The molecule has 0 N–H and O–H groups in total. The van der Waals surface area contributed by atoms with Crippen LogP contribution in [0, 0.1) is 0 Å². The van der Waals surface area contributed by atoms with Gasteiger partial charge in [0.05, 0.1) is 0 Å². The molecule has 0 atom stereocenters. The highest BCUT2D eigenvalue weighted by molar-refractivity contribution is 9.10. The summed E-state index contributed by atoms with van der Waals surface area (Å²) in [5, 5.41) is 0. The van der Waals surface area contributed by atoms with Crippen LogP contribution in [0.3, 0.4) is 0 Å². The fourth-order valence-electron chi connectivity index (χ4n) is 1.09. The molecular formula is C10H6BrNO2. The molecular weight excluding hydrogens is 246 g/mol. The normalized spacial score (nSPS) is 10.1. The third-order valence-electron chi connectivity index (χ3n) is 1.72. The molecule has 0 aromatic carbocycles. The summed E-state index contributed by atoms with van der Waals surface area (Å²) >= 11 is 3.33.